The van der Waals surface area contributed by atoms with Crippen LogP contribution in [0.25, 0.3) is 0 Å². The predicted molar refractivity (Wildman–Crippen MR) is 126 cm³/mol. The van der Waals surface area contributed by atoms with Crippen molar-refractivity contribution in [2.24, 2.45) is 11.3 Å². The molecule has 3 aliphatic rings. The zero-order chi connectivity index (χ0) is 22.8. The molecule has 0 bridgehead atoms. The van der Waals surface area contributed by atoms with Gasteiger partial charge in [-0.05, 0) is 80.9 Å². The summed E-state index contributed by atoms with van der Waals surface area (Å²) in [6, 6.07) is 0. The van der Waals surface area contributed by atoms with Crippen molar-refractivity contribution in [3.8, 4) is 0 Å². The van der Waals surface area contributed by atoms with Gasteiger partial charge in [-0.15, -0.1) is 0 Å². The minimum atomic E-state index is -0.816. The topological polar surface area (TPSA) is 69.9 Å². The lowest BCUT2D eigenvalue weighted by Crippen LogP contribution is -2.34. The van der Waals surface area contributed by atoms with Crippen LogP contribution >= 0.6 is 0 Å². The van der Waals surface area contributed by atoms with Crippen LogP contribution in [0.1, 0.15) is 66.2 Å². The fraction of sp³-hybridized carbons (Fsp3) is 0.630. The molecule has 0 spiro atoms. The normalized spacial score (nSPS) is 35.6. The van der Waals surface area contributed by atoms with Crippen LogP contribution in [0.5, 0.6) is 0 Å². The Bertz CT molecular complexity index is 795. The molecule has 3 rings (SSSR count). The summed E-state index contributed by atoms with van der Waals surface area (Å²) in [6.45, 7) is 12.5. The van der Waals surface area contributed by atoms with Gasteiger partial charge in [0.05, 0.1) is 30.5 Å². The fourth-order valence-corrected chi connectivity index (χ4v) is 5.57. The Hall–Kier alpha value is -1.46. The standard InChI is InChI=1S/C27H40O4/c1-18-21(16-22(28)17-25(18)29)10-9-20-8-6-14-27(5)23(11-12-24(20)27)19(2)31-15-7-13-26(3,4)30/h7,9-11,13,19,22,24-25,28-30H,1,6,8,12,14-17H2,2-5H3/b13-7-,20-9?,21-10?/t19-,22-,24+,25+,27-/m1/s1. The minimum Gasteiger partial charge on any atom is -0.393 e. The molecule has 0 unspecified atom stereocenters. The maximum absolute atomic E-state index is 10.1. The summed E-state index contributed by atoms with van der Waals surface area (Å²) in [5.74, 6) is 0.470. The van der Waals surface area contributed by atoms with Gasteiger partial charge in [-0.25, -0.2) is 0 Å². The van der Waals surface area contributed by atoms with Crippen LogP contribution in [0.4, 0.5) is 0 Å². The first-order valence-electron chi connectivity index (χ1n) is 11.7. The lowest BCUT2D eigenvalue weighted by atomic mass is 9.63. The van der Waals surface area contributed by atoms with Crippen LogP contribution < -0.4 is 0 Å². The molecule has 0 saturated heterocycles. The van der Waals surface area contributed by atoms with Gasteiger partial charge < -0.3 is 20.1 Å². The van der Waals surface area contributed by atoms with Crippen molar-refractivity contribution in [1.82, 2.24) is 0 Å². The molecule has 31 heavy (non-hydrogen) atoms. The Morgan fingerprint density at radius 2 is 2.06 bits per heavy atom. The molecule has 172 valence electrons. The molecule has 0 heterocycles. The highest BCUT2D eigenvalue weighted by Gasteiger charge is 2.46. The average Bonchev–Trinajstić information content (AvgIpc) is 3.03. The van der Waals surface area contributed by atoms with Crippen LogP contribution in [0.2, 0.25) is 0 Å². The van der Waals surface area contributed by atoms with Crippen molar-refractivity contribution in [2.75, 3.05) is 6.61 Å². The first-order chi connectivity index (χ1) is 14.5. The van der Waals surface area contributed by atoms with Crippen LogP contribution in [-0.2, 0) is 4.74 Å². The van der Waals surface area contributed by atoms with E-state index in [0.29, 0.717) is 25.4 Å². The van der Waals surface area contributed by atoms with Gasteiger partial charge in [0.25, 0.3) is 0 Å². The number of rotatable bonds is 6. The smallest absolute Gasteiger partial charge is 0.0811 e. The molecule has 0 aromatic heterocycles. The molecule has 4 heteroatoms. The monoisotopic (exact) mass is 428 g/mol. The molecule has 2 saturated carbocycles. The van der Waals surface area contributed by atoms with Gasteiger partial charge in [0, 0.05) is 6.42 Å². The lowest BCUT2D eigenvalue weighted by Gasteiger charge is -2.42. The molecular weight excluding hydrogens is 388 g/mol. The largest absolute Gasteiger partial charge is 0.393 e. The Labute approximate surface area is 187 Å². The molecular formula is C27H40O4. The Kier molecular flexibility index (Phi) is 7.47. The number of hydrogen-bond donors (Lipinski definition) is 3. The maximum atomic E-state index is 10.1. The van der Waals surface area contributed by atoms with Crippen LogP contribution in [0.15, 0.2) is 59.3 Å². The van der Waals surface area contributed by atoms with Gasteiger partial charge in [0.15, 0.2) is 0 Å². The number of ether oxygens (including phenoxy) is 1. The van der Waals surface area contributed by atoms with Crippen molar-refractivity contribution in [2.45, 2.75) is 90.1 Å². The molecule has 0 aliphatic heterocycles. The molecule has 3 aliphatic carbocycles. The van der Waals surface area contributed by atoms with E-state index in [9.17, 15) is 15.3 Å². The first-order valence-corrected chi connectivity index (χ1v) is 11.7. The van der Waals surface area contributed by atoms with E-state index in [1.807, 2.05) is 6.08 Å². The summed E-state index contributed by atoms with van der Waals surface area (Å²) < 4.78 is 6.10. The highest BCUT2D eigenvalue weighted by molar-refractivity contribution is 5.40. The molecule has 0 amide bonds. The maximum Gasteiger partial charge on any atom is 0.0811 e. The number of hydrogen-bond acceptors (Lipinski definition) is 4. The third kappa shape index (κ3) is 5.67. The van der Waals surface area contributed by atoms with Gasteiger partial charge >= 0.3 is 0 Å². The summed E-state index contributed by atoms with van der Waals surface area (Å²) in [7, 11) is 0. The third-order valence-corrected chi connectivity index (χ3v) is 7.28. The third-order valence-electron chi connectivity index (χ3n) is 7.28. The minimum absolute atomic E-state index is 0.0441. The number of aliphatic hydroxyl groups is 3. The summed E-state index contributed by atoms with van der Waals surface area (Å²) in [4.78, 5) is 0. The van der Waals surface area contributed by atoms with Crippen molar-refractivity contribution in [3.05, 3.63) is 59.3 Å². The highest BCUT2D eigenvalue weighted by Crippen LogP contribution is 2.55. The molecule has 2 fully saturated rings. The molecule has 0 aromatic rings. The number of fused-ring (bicyclic) bond motifs is 1. The zero-order valence-corrected chi connectivity index (χ0v) is 19.6. The van der Waals surface area contributed by atoms with Crippen molar-refractivity contribution < 1.29 is 20.1 Å². The Morgan fingerprint density at radius 3 is 2.77 bits per heavy atom. The van der Waals surface area contributed by atoms with Crippen LogP contribution in [0, 0.1) is 11.3 Å². The van der Waals surface area contributed by atoms with E-state index in [1.54, 1.807) is 19.9 Å². The van der Waals surface area contributed by atoms with E-state index in [1.165, 1.54) is 11.1 Å². The zero-order valence-electron chi connectivity index (χ0n) is 19.6. The number of allylic oxidation sites excluding steroid dienone is 4. The van der Waals surface area contributed by atoms with Gasteiger partial charge in [-0.1, -0.05) is 49.5 Å². The summed E-state index contributed by atoms with van der Waals surface area (Å²) >= 11 is 0. The quantitative estimate of drug-likeness (QED) is 0.533. The second-order valence-corrected chi connectivity index (χ2v) is 10.3. The van der Waals surface area contributed by atoms with Crippen molar-refractivity contribution in [1.29, 1.82) is 0 Å². The van der Waals surface area contributed by atoms with Crippen molar-refractivity contribution in [3.63, 3.8) is 0 Å². The molecule has 5 atom stereocenters. The molecule has 4 nitrogen and oxygen atoms in total. The Morgan fingerprint density at radius 1 is 1.32 bits per heavy atom. The summed E-state index contributed by atoms with van der Waals surface area (Å²) in [5.41, 5.74) is 3.83. The fourth-order valence-electron chi connectivity index (χ4n) is 5.57. The SMILES string of the molecule is C=C1C(=CC=C2CCC[C@]3(C)C([C@@H](C)OC/C=C\C(C)(C)O)=CC[C@@H]23)C[C@@H](O)C[C@@H]1O. The van der Waals surface area contributed by atoms with E-state index in [0.717, 1.165) is 36.8 Å². The van der Waals surface area contributed by atoms with E-state index in [4.69, 9.17) is 4.74 Å². The van der Waals surface area contributed by atoms with E-state index in [-0.39, 0.29) is 11.5 Å². The van der Waals surface area contributed by atoms with Gasteiger partial charge in [-0.2, -0.15) is 0 Å². The van der Waals surface area contributed by atoms with Gasteiger partial charge in [0.2, 0.25) is 0 Å². The molecule has 0 aromatic carbocycles. The highest BCUT2D eigenvalue weighted by atomic mass is 16.5. The lowest BCUT2D eigenvalue weighted by molar-refractivity contribution is 0.0836. The van der Waals surface area contributed by atoms with Gasteiger partial charge in [0.1, 0.15) is 0 Å². The Balaban J connectivity index is 1.70. The van der Waals surface area contributed by atoms with E-state index in [2.05, 4.69) is 38.7 Å². The van der Waals surface area contributed by atoms with Crippen LogP contribution in [0.3, 0.4) is 0 Å². The number of aliphatic hydroxyl groups excluding tert-OH is 2. The van der Waals surface area contributed by atoms with E-state index >= 15 is 0 Å². The van der Waals surface area contributed by atoms with Crippen molar-refractivity contribution >= 4 is 0 Å². The molecule has 3 N–H and O–H groups in total. The summed E-state index contributed by atoms with van der Waals surface area (Å²) in [5, 5.41) is 29.9. The second kappa shape index (κ2) is 9.58. The first kappa shape index (κ1) is 24.2. The van der Waals surface area contributed by atoms with E-state index < -0.39 is 17.8 Å². The van der Waals surface area contributed by atoms with Gasteiger partial charge in [-0.3, -0.25) is 0 Å². The average molecular weight is 429 g/mol. The second-order valence-electron chi connectivity index (χ2n) is 10.3. The summed E-state index contributed by atoms with van der Waals surface area (Å²) in [6.07, 6.45) is 14.6. The predicted octanol–water partition coefficient (Wildman–Crippen LogP) is 4.78. The molecule has 0 radical (unpaired) electrons. The van der Waals surface area contributed by atoms with Crippen LogP contribution in [-0.4, -0.2) is 45.8 Å².